The molecule has 0 amide bonds. The number of hydrogen-bond donors (Lipinski definition) is 1. The molecule has 1 unspecified atom stereocenters. The minimum atomic E-state index is 0.349. The van der Waals surface area contributed by atoms with Crippen molar-refractivity contribution in [2.24, 2.45) is 0 Å². The molecule has 0 spiro atoms. The molecule has 5 heteroatoms. The van der Waals surface area contributed by atoms with Gasteiger partial charge in [-0.3, -0.25) is 0 Å². The van der Waals surface area contributed by atoms with Gasteiger partial charge in [0, 0.05) is 17.5 Å². The molecular weight excluding hydrogens is 247 g/mol. The monoisotopic (exact) mass is 256 g/mol. The Labute approximate surface area is 103 Å². The van der Waals surface area contributed by atoms with Crippen molar-refractivity contribution in [3.05, 3.63) is 28.1 Å². The van der Waals surface area contributed by atoms with E-state index in [-0.39, 0.29) is 0 Å². The van der Waals surface area contributed by atoms with Gasteiger partial charge in [-0.1, -0.05) is 23.2 Å². The average Bonchev–Trinajstić information content (AvgIpc) is 2.82. The van der Waals surface area contributed by atoms with E-state index in [4.69, 9.17) is 27.6 Å². The molecule has 1 aliphatic heterocycles. The zero-order valence-electron chi connectivity index (χ0n) is 8.46. The van der Waals surface area contributed by atoms with E-state index in [0.29, 0.717) is 21.5 Å². The van der Waals surface area contributed by atoms with Gasteiger partial charge < -0.3 is 9.73 Å². The van der Waals surface area contributed by atoms with Crippen molar-refractivity contribution < 1.29 is 4.42 Å². The van der Waals surface area contributed by atoms with Crippen molar-refractivity contribution in [2.75, 3.05) is 13.1 Å². The maximum Gasteiger partial charge on any atom is 0.200 e. The lowest BCUT2D eigenvalue weighted by Gasteiger charge is -1.99. The molecule has 0 aliphatic carbocycles. The minimum absolute atomic E-state index is 0.349. The Balaban J connectivity index is 2.11. The van der Waals surface area contributed by atoms with E-state index in [1.165, 1.54) is 0 Å². The summed E-state index contributed by atoms with van der Waals surface area (Å²) >= 11 is 12.0. The highest BCUT2D eigenvalue weighted by atomic mass is 35.5. The maximum atomic E-state index is 6.05. The van der Waals surface area contributed by atoms with Crippen molar-refractivity contribution in [3.8, 4) is 0 Å². The van der Waals surface area contributed by atoms with Crippen LogP contribution in [0.5, 0.6) is 0 Å². The highest BCUT2D eigenvalue weighted by Gasteiger charge is 2.22. The lowest BCUT2D eigenvalue weighted by Crippen LogP contribution is -2.07. The molecule has 2 heterocycles. The van der Waals surface area contributed by atoms with Crippen molar-refractivity contribution in [2.45, 2.75) is 12.3 Å². The Kier molecular flexibility index (Phi) is 2.54. The van der Waals surface area contributed by atoms with Crippen LogP contribution < -0.4 is 5.32 Å². The van der Waals surface area contributed by atoms with Crippen LogP contribution in [0, 0.1) is 0 Å². The summed E-state index contributed by atoms with van der Waals surface area (Å²) in [6.07, 6.45) is 1.05. The summed E-state index contributed by atoms with van der Waals surface area (Å²) in [6, 6.07) is 3.45. The van der Waals surface area contributed by atoms with Crippen LogP contribution in [0.15, 0.2) is 16.5 Å². The van der Waals surface area contributed by atoms with Crippen LogP contribution in [0.4, 0.5) is 0 Å². The van der Waals surface area contributed by atoms with E-state index in [1.54, 1.807) is 12.1 Å². The van der Waals surface area contributed by atoms with Crippen molar-refractivity contribution in [1.82, 2.24) is 10.3 Å². The molecule has 1 saturated heterocycles. The number of aromatic nitrogens is 1. The summed E-state index contributed by atoms with van der Waals surface area (Å²) < 4.78 is 5.70. The maximum absolute atomic E-state index is 6.05. The molecule has 1 aromatic heterocycles. The Morgan fingerprint density at radius 1 is 1.38 bits per heavy atom. The fraction of sp³-hybridized carbons (Fsp3) is 0.364. The van der Waals surface area contributed by atoms with Crippen LogP contribution >= 0.6 is 23.2 Å². The lowest BCUT2D eigenvalue weighted by molar-refractivity contribution is 0.485. The second-order valence-corrected chi connectivity index (χ2v) is 4.82. The van der Waals surface area contributed by atoms with Crippen LogP contribution in [0.2, 0.25) is 10.0 Å². The van der Waals surface area contributed by atoms with E-state index in [0.717, 1.165) is 30.9 Å². The summed E-state index contributed by atoms with van der Waals surface area (Å²) in [5.74, 6) is 1.10. The van der Waals surface area contributed by atoms with Gasteiger partial charge in [-0.15, -0.1) is 0 Å². The summed E-state index contributed by atoms with van der Waals surface area (Å²) in [5, 5.41) is 4.39. The minimum Gasteiger partial charge on any atom is -0.439 e. The molecule has 0 bridgehead atoms. The zero-order chi connectivity index (χ0) is 11.1. The van der Waals surface area contributed by atoms with E-state index < -0.39 is 0 Å². The first-order valence-electron chi connectivity index (χ1n) is 5.20. The molecule has 2 aromatic rings. The van der Waals surface area contributed by atoms with E-state index in [2.05, 4.69) is 10.3 Å². The molecule has 3 rings (SSSR count). The third-order valence-electron chi connectivity index (χ3n) is 2.84. The molecule has 0 radical (unpaired) electrons. The number of nitrogens with one attached hydrogen (secondary N) is 1. The molecule has 1 N–H and O–H groups in total. The second-order valence-electron chi connectivity index (χ2n) is 3.98. The largest absolute Gasteiger partial charge is 0.439 e. The standard InChI is InChI=1S/C11H10Cl2N2O/c12-7-3-8(13)10-9(4-7)15-11(16-10)6-1-2-14-5-6/h3-4,6,14H,1-2,5H2. The van der Waals surface area contributed by atoms with Crippen LogP contribution in [-0.4, -0.2) is 18.1 Å². The molecule has 1 fully saturated rings. The molecule has 1 atom stereocenters. The van der Waals surface area contributed by atoms with Gasteiger partial charge in [-0.2, -0.15) is 0 Å². The van der Waals surface area contributed by atoms with Gasteiger partial charge in [0.1, 0.15) is 5.52 Å². The molecule has 3 nitrogen and oxygen atoms in total. The van der Waals surface area contributed by atoms with E-state index in [9.17, 15) is 0 Å². The molecule has 0 saturated carbocycles. The molecular formula is C11H10Cl2N2O. The number of halogens is 2. The molecule has 16 heavy (non-hydrogen) atoms. The summed E-state index contributed by atoms with van der Waals surface area (Å²) in [6.45, 7) is 1.93. The van der Waals surface area contributed by atoms with Crippen LogP contribution in [0.3, 0.4) is 0 Å². The first-order valence-corrected chi connectivity index (χ1v) is 5.96. The third-order valence-corrected chi connectivity index (χ3v) is 3.33. The normalized spacial score (nSPS) is 20.8. The van der Waals surface area contributed by atoms with Gasteiger partial charge >= 0.3 is 0 Å². The Bertz CT molecular complexity index is 532. The Morgan fingerprint density at radius 3 is 3.00 bits per heavy atom. The Hall–Kier alpha value is -0.770. The second kappa shape index (κ2) is 3.91. The van der Waals surface area contributed by atoms with Crippen LogP contribution in [0.25, 0.3) is 11.1 Å². The fourth-order valence-corrected chi connectivity index (χ4v) is 2.54. The average molecular weight is 257 g/mol. The number of oxazole rings is 1. The lowest BCUT2D eigenvalue weighted by atomic mass is 10.1. The van der Waals surface area contributed by atoms with Gasteiger partial charge in [0.25, 0.3) is 0 Å². The smallest absolute Gasteiger partial charge is 0.200 e. The topological polar surface area (TPSA) is 38.1 Å². The van der Waals surface area contributed by atoms with Crippen molar-refractivity contribution in [3.63, 3.8) is 0 Å². The van der Waals surface area contributed by atoms with Gasteiger partial charge in [-0.05, 0) is 25.1 Å². The SMILES string of the molecule is Clc1cc(Cl)c2oc(C3CCNC3)nc2c1. The number of fused-ring (bicyclic) bond motifs is 1. The highest BCUT2D eigenvalue weighted by molar-refractivity contribution is 6.37. The number of rotatable bonds is 1. The van der Waals surface area contributed by atoms with E-state index >= 15 is 0 Å². The molecule has 1 aromatic carbocycles. The van der Waals surface area contributed by atoms with Gasteiger partial charge in [0.15, 0.2) is 11.5 Å². The number of benzene rings is 1. The summed E-state index contributed by atoms with van der Waals surface area (Å²) in [5.41, 5.74) is 1.37. The predicted molar refractivity (Wildman–Crippen MR) is 64.3 cm³/mol. The van der Waals surface area contributed by atoms with Gasteiger partial charge in [0.05, 0.1) is 5.02 Å². The zero-order valence-corrected chi connectivity index (χ0v) is 9.98. The number of hydrogen-bond acceptors (Lipinski definition) is 3. The van der Waals surface area contributed by atoms with Crippen molar-refractivity contribution in [1.29, 1.82) is 0 Å². The predicted octanol–water partition coefficient (Wildman–Crippen LogP) is 3.21. The third kappa shape index (κ3) is 1.69. The Morgan fingerprint density at radius 2 is 2.25 bits per heavy atom. The molecule has 1 aliphatic rings. The first-order chi connectivity index (χ1) is 7.74. The van der Waals surface area contributed by atoms with Crippen molar-refractivity contribution >= 4 is 34.3 Å². The van der Waals surface area contributed by atoms with Gasteiger partial charge in [0.2, 0.25) is 0 Å². The fourth-order valence-electron chi connectivity index (χ4n) is 2.02. The van der Waals surface area contributed by atoms with Crippen LogP contribution in [-0.2, 0) is 0 Å². The summed E-state index contributed by atoms with van der Waals surface area (Å²) in [4.78, 5) is 4.44. The quantitative estimate of drug-likeness (QED) is 0.852. The molecule has 84 valence electrons. The first kappa shape index (κ1) is 10.4. The van der Waals surface area contributed by atoms with Crippen LogP contribution in [0.1, 0.15) is 18.2 Å². The van der Waals surface area contributed by atoms with Gasteiger partial charge in [-0.25, -0.2) is 4.98 Å². The number of nitrogens with zero attached hydrogens (tertiary/aromatic N) is 1. The summed E-state index contributed by atoms with van der Waals surface area (Å²) in [7, 11) is 0. The van der Waals surface area contributed by atoms with E-state index in [1.807, 2.05) is 0 Å². The highest BCUT2D eigenvalue weighted by Crippen LogP contribution is 2.31.